The molecule has 0 atom stereocenters. The molecule has 28 heavy (non-hydrogen) atoms. The van der Waals surface area contributed by atoms with Crippen LogP contribution in [0.3, 0.4) is 0 Å². The number of carbonyl (C=O) groups is 1. The second-order valence-corrected chi connectivity index (χ2v) is 8.58. The van der Waals surface area contributed by atoms with E-state index < -0.39 is 16.0 Å². The van der Waals surface area contributed by atoms with E-state index in [1.165, 1.54) is 35.6 Å². The lowest BCUT2D eigenvalue weighted by molar-refractivity contribution is 0.0696. The Labute approximate surface area is 165 Å². The molecule has 0 amide bonds. The Hall–Kier alpha value is -3.23. The monoisotopic (exact) mass is 410 g/mol. The van der Waals surface area contributed by atoms with Crippen LogP contribution in [0.25, 0.3) is 22.0 Å². The van der Waals surface area contributed by atoms with E-state index in [0.29, 0.717) is 5.69 Å². The number of hydrogen-bond donors (Lipinski definition) is 2. The number of benzene rings is 3. The number of aromatic carboxylic acids is 1. The molecule has 3 aromatic carbocycles. The maximum absolute atomic E-state index is 12.5. The van der Waals surface area contributed by atoms with Gasteiger partial charge in [0.25, 0.3) is 10.0 Å². The van der Waals surface area contributed by atoms with Gasteiger partial charge in [0.05, 0.1) is 16.2 Å². The third kappa shape index (κ3) is 3.60. The first-order chi connectivity index (χ1) is 13.4. The molecule has 8 heteroatoms. The molecule has 4 aromatic rings. The highest BCUT2D eigenvalue weighted by Gasteiger charge is 2.17. The van der Waals surface area contributed by atoms with Gasteiger partial charge >= 0.3 is 5.97 Å². The van der Waals surface area contributed by atoms with Crippen molar-refractivity contribution < 1.29 is 18.3 Å². The summed E-state index contributed by atoms with van der Waals surface area (Å²) in [4.78, 5) is 15.2. The number of rotatable bonds is 5. The lowest BCUT2D eigenvalue weighted by Crippen LogP contribution is -2.13. The maximum Gasteiger partial charge on any atom is 0.335 e. The van der Waals surface area contributed by atoms with Crippen molar-refractivity contribution in [1.29, 1.82) is 0 Å². The average Bonchev–Trinajstić information content (AvgIpc) is 3.15. The standard InChI is InChI=1S/C20H14N2O4S2/c23-19(24)14-7-9-17(10-8-14)28(25,26)22-20-21-18(12-27-20)16-6-5-13-3-1-2-4-15(13)11-16/h1-12H,(H,21,22)(H,23,24). The third-order valence-electron chi connectivity index (χ3n) is 4.18. The molecule has 0 fully saturated rings. The molecule has 2 N–H and O–H groups in total. The van der Waals surface area contributed by atoms with Gasteiger partial charge in [0, 0.05) is 10.9 Å². The molecule has 1 aromatic heterocycles. The molecule has 4 rings (SSSR count). The fraction of sp³-hybridized carbons (Fsp3) is 0. The predicted octanol–water partition coefficient (Wildman–Crippen LogP) is 4.46. The Kier molecular flexibility index (Phi) is 4.58. The van der Waals surface area contributed by atoms with Crippen molar-refractivity contribution in [2.24, 2.45) is 0 Å². The van der Waals surface area contributed by atoms with Gasteiger partial charge in [0.1, 0.15) is 0 Å². The first-order valence-electron chi connectivity index (χ1n) is 8.23. The summed E-state index contributed by atoms with van der Waals surface area (Å²) in [6, 6.07) is 18.9. The van der Waals surface area contributed by atoms with Crippen molar-refractivity contribution in [3.63, 3.8) is 0 Å². The SMILES string of the molecule is O=C(O)c1ccc(S(=O)(=O)Nc2nc(-c3ccc4ccccc4c3)cs2)cc1. The van der Waals surface area contributed by atoms with E-state index >= 15 is 0 Å². The van der Waals surface area contributed by atoms with Crippen LogP contribution < -0.4 is 4.72 Å². The van der Waals surface area contributed by atoms with Crippen molar-refractivity contribution in [3.8, 4) is 11.3 Å². The topological polar surface area (TPSA) is 96.4 Å². The number of carboxylic acids is 1. The van der Waals surface area contributed by atoms with Crippen LogP contribution in [-0.4, -0.2) is 24.5 Å². The summed E-state index contributed by atoms with van der Waals surface area (Å²) in [6.45, 7) is 0. The number of nitrogens with zero attached hydrogens (tertiary/aromatic N) is 1. The van der Waals surface area contributed by atoms with Gasteiger partial charge in [-0.1, -0.05) is 36.4 Å². The van der Waals surface area contributed by atoms with Gasteiger partial charge in [-0.15, -0.1) is 11.3 Å². The highest BCUT2D eigenvalue weighted by molar-refractivity contribution is 7.93. The van der Waals surface area contributed by atoms with Gasteiger partial charge in [0.15, 0.2) is 5.13 Å². The van der Waals surface area contributed by atoms with Gasteiger partial charge in [-0.05, 0) is 41.1 Å². The first-order valence-corrected chi connectivity index (χ1v) is 10.6. The Bertz CT molecular complexity index is 1280. The number of aromatic nitrogens is 1. The summed E-state index contributed by atoms with van der Waals surface area (Å²) in [5.41, 5.74) is 1.59. The molecular formula is C20H14N2O4S2. The number of hydrogen-bond acceptors (Lipinski definition) is 5. The highest BCUT2D eigenvalue weighted by atomic mass is 32.2. The summed E-state index contributed by atoms with van der Waals surface area (Å²) >= 11 is 1.18. The van der Waals surface area contributed by atoms with Gasteiger partial charge < -0.3 is 5.11 Å². The second kappa shape index (κ2) is 7.06. The van der Waals surface area contributed by atoms with Gasteiger partial charge in [0.2, 0.25) is 0 Å². The molecular weight excluding hydrogens is 396 g/mol. The van der Waals surface area contributed by atoms with Crippen LogP contribution in [-0.2, 0) is 10.0 Å². The number of nitrogens with one attached hydrogen (secondary N) is 1. The zero-order chi connectivity index (χ0) is 19.7. The minimum atomic E-state index is -3.85. The van der Waals surface area contributed by atoms with Crippen LogP contribution >= 0.6 is 11.3 Å². The molecule has 0 radical (unpaired) electrons. The zero-order valence-corrected chi connectivity index (χ0v) is 16.0. The number of carboxylic acid groups (broad SMARTS) is 1. The summed E-state index contributed by atoms with van der Waals surface area (Å²) in [5.74, 6) is -1.11. The van der Waals surface area contributed by atoms with Crippen LogP contribution in [0.2, 0.25) is 0 Å². The highest BCUT2D eigenvalue weighted by Crippen LogP contribution is 2.29. The minimum absolute atomic E-state index is 0.0202. The Morgan fingerprint density at radius 3 is 2.39 bits per heavy atom. The van der Waals surface area contributed by atoms with E-state index in [1.54, 1.807) is 5.38 Å². The summed E-state index contributed by atoms with van der Waals surface area (Å²) in [7, 11) is -3.85. The summed E-state index contributed by atoms with van der Waals surface area (Å²) in [5, 5.41) is 13.1. The van der Waals surface area contributed by atoms with E-state index in [2.05, 4.69) is 9.71 Å². The molecule has 1 heterocycles. The van der Waals surface area contributed by atoms with Crippen LogP contribution in [0.5, 0.6) is 0 Å². The number of anilines is 1. The molecule has 0 saturated heterocycles. The van der Waals surface area contributed by atoms with Gasteiger partial charge in [-0.3, -0.25) is 4.72 Å². The molecule has 0 aliphatic heterocycles. The molecule has 0 aliphatic carbocycles. The Morgan fingerprint density at radius 1 is 0.964 bits per heavy atom. The van der Waals surface area contributed by atoms with E-state index in [0.717, 1.165) is 16.3 Å². The smallest absolute Gasteiger partial charge is 0.335 e. The zero-order valence-electron chi connectivity index (χ0n) is 14.4. The molecule has 0 aliphatic rings. The van der Waals surface area contributed by atoms with Crippen LogP contribution in [0.4, 0.5) is 5.13 Å². The lowest BCUT2D eigenvalue weighted by atomic mass is 10.1. The largest absolute Gasteiger partial charge is 0.478 e. The molecule has 0 saturated carbocycles. The molecule has 0 spiro atoms. The molecule has 6 nitrogen and oxygen atoms in total. The van der Waals surface area contributed by atoms with E-state index in [4.69, 9.17) is 5.11 Å². The summed E-state index contributed by atoms with van der Waals surface area (Å²) in [6.07, 6.45) is 0. The summed E-state index contributed by atoms with van der Waals surface area (Å²) < 4.78 is 27.5. The Balaban J connectivity index is 1.59. The third-order valence-corrected chi connectivity index (χ3v) is 6.42. The van der Waals surface area contributed by atoms with E-state index in [9.17, 15) is 13.2 Å². The number of thiazole rings is 1. The van der Waals surface area contributed by atoms with Crippen molar-refractivity contribution in [1.82, 2.24) is 4.98 Å². The second-order valence-electron chi connectivity index (χ2n) is 6.03. The van der Waals surface area contributed by atoms with E-state index in [1.807, 2.05) is 42.5 Å². The normalized spacial score (nSPS) is 11.4. The minimum Gasteiger partial charge on any atom is -0.478 e. The predicted molar refractivity (Wildman–Crippen MR) is 109 cm³/mol. The quantitative estimate of drug-likeness (QED) is 0.506. The van der Waals surface area contributed by atoms with Crippen molar-refractivity contribution in [2.45, 2.75) is 4.90 Å². The molecule has 140 valence electrons. The van der Waals surface area contributed by atoms with Crippen molar-refractivity contribution >= 4 is 43.2 Å². The van der Waals surface area contributed by atoms with Crippen LogP contribution in [0.15, 0.2) is 77.0 Å². The van der Waals surface area contributed by atoms with Crippen LogP contribution in [0, 0.1) is 0 Å². The number of sulfonamides is 1. The first kappa shape index (κ1) is 18.1. The average molecular weight is 410 g/mol. The maximum atomic E-state index is 12.5. The fourth-order valence-corrected chi connectivity index (χ4v) is 4.72. The fourth-order valence-electron chi connectivity index (χ4n) is 2.75. The van der Waals surface area contributed by atoms with Gasteiger partial charge in [-0.25, -0.2) is 18.2 Å². The molecule has 0 unspecified atom stereocenters. The van der Waals surface area contributed by atoms with Crippen molar-refractivity contribution in [2.75, 3.05) is 4.72 Å². The Morgan fingerprint density at radius 2 is 1.68 bits per heavy atom. The van der Waals surface area contributed by atoms with E-state index in [-0.39, 0.29) is 15.6 Å². The van der Waals surface area contributed by atoms with Gasteiger partial charge in [-0.2, -0.15) is 0 Å². The number of fused-ring (bicyclic) bond motifs is 1. The van der Waals surface area contributed by atoms with Crippen molar-refractivity contribution in [3.05, 3.63) is 77.7 Å². The lowest BCUT2D eigenvalue weighted by Gasteiger charge is -2.05. The molecule has 0 bridgehead atoms. The van der Waals surface area contributed by atoms with Crippen LogP contribution in [0.1, 0.15) is 10.4 Å².